The molecule has 9 nitrogen and oxygen atoms in total. The molecule has 0 saturated carbocycles. The second-order valence-corrected chi connectivity index (χ2v) is 5.91. The zero-order chi connectivity index (χ0) is 20.4. The minimum absolute atomic E-state index is 0.0814. The fraction of sp³-hybridized carbons (Fsp3) is 0.778. The molecule has 27 heavy (non-hydrogen) atoms. The Balaban J connectivity index is 3.05. The molecule has 0 N–H and O–H groups in total. The second kappa shape index (κ2) is 11.5. The van der Waals surface area contributed by atoms with E-state index in [4.69, 9.17) is 23.7 Å². The summed E-state index contributed by atoms with van der Waals surface area (Å²) in [5, 5.41) is 0. The molecule has 1 aliphatic heterocycles. The van der Waals surface area contributed by atoms with Gasteiger partial charge in [0.15, 0.2) is 18.3 Å². The maximum Gasteiger partial charge on any atom is 0.306 e. The molecule has 1 aliphatic rings. The first-order valence-corrected chi connectivity index (χ1v) is 9.21. The summed E-state index contributed by atoms with van der Waals surface area (Å²) >= 11 is 0. The lowest BCUT2D eigenvalue weighted by Crippen LogP contribution is -2.58. The van der Waals surface area contributed by atoms with Crippen LogP contribution in [0, 0.1) is 0 Å². The van der Waals surface area contributed by atoms with Gasteiger partial charge in [0.2, 0.25) is 0 Å². The monoisotopic (exact) mass is 388 g/mol. The molecule has 1 saturated heterocycles. The molecule has 9 heteroatoms. The molecule has 0 bridgehead atoms. The predicted molar refractivity (Wildman–Crippen MR) is 91.5 cm³/mol. The van der Waals surface area contributed by atoms with E-state index in [1.807, 2.05) is 0 Å². The van der Waals surface area contributed by atoms with Crippen molar-refractivity contribution in [3.63, 3.8) is 0 Å². The lowest BCUT2D eigenvalue weighted by Gasteiger charge is -2.40. The summed E-state index contributed by atoms with van der Waals surface area (Å²) in [5.74, 6) is -2.03. The van der Waals surface area contributed by atoms with Gasteiger partial charge < -0.3 is 23.7 Å². The summed E-state index contributed by atoms with van der Waals surface area (Å²) in [7, 11) is 0. The van der Waals surface area contributed by atoms with Gasteiger partial charge in [0.05, 0.1) is 6.61 Å². The molecule has 0 amide bonds. The summed E-state index contributed by atoms with van der Waals surface area (Å²) in [4.78, 5) is 46.9. The van der Waals surface area contributed by atoms with Gasteiger partial charge in [-0.15, -0.1) is 0 Å². The van der Waals surface area contributed by atoms with E-state index in [-0.39, 0.29) is 38.9 Å². The van der Waals surface area contributed by atoms with Crippen LogP contribution >= 0.6 is 0 Å². The fourth-order valence-electron chi connectivity index (χ4n) is 2.36. The van der Waals surface area contributed by atoms with Crippen LogP contribution in [-0.2, 0) is 42.9 Å². The van der Waals surface area contributed by atoms with Crippen molar-refractivity contribution in [3.05, 3.63) is 0 Å². The lowest BCUT2D eigenvalue weighted by molar-refractivity contribution is -0.233. The summed E-state index contributed by atoms with van der Waals surface area (Å²) in [6.07, 6.45) is -3.41. The van der Waals surface area contributed by atoms with Crippen molar-refractivity contribution >= 4 is 23.9 Å². The molecule has 1 heterocycles. The first-order valence-electron chi connectivity index (χ1n) is 9.21. The van der Waals surface area contributed by atoms with Crippen LogP contribution in [0.5, 0.6) is 0 Å². The molecule has 0 aliphatic carbocycles. The van der Waals surface area contributed by atoms with Gasteiger partial charge >= 0.3 is 23.9 Å². The maximum absolute atomic E-state index is 11.9. The Morgan fingerprint density at radius 2 is 1.22 bits per heavy atom. The van der Waals surface area contributed by atoms with E-state index in [0.29, 0.717) is 0 Å². The highest BCUT2D eigenvalue weighted by molar-refractivity contribution is 5.71. The SMILES string of the molecule is CCC(=O)OC[C@H]1OC[C@@H](OC(=O)CC)[C@H](OC(=O)CC)[C@H]1OC(=O)CC. The van der Waals surface area contributed by atoms with Gasteiger partial charge in [-0.25, -0.2) is 0 Å². The second-order valence-electron chi connectivity index (χ2n) is 5.91. The molecule has 0 aromatic rings. The molecule has 1 rings (SSSR count). The molecule has 0 radical (unpaired) electrons. The van der Waals surface area contributed by atoms with Crippen molar-refractivity contribution in [1.82, 2.24) is 0 Å². The Morgan fingerprint density at radius 1 is 0.741 bits per heavy atom. The quantitative estimate of drug-likeness (QED) is 0.426. The van der Waals surface area contributed by atoms with Crippen LogP contribution in [-0.4, -0.2) is 61.5 Å². The van der Waals surface area contributed by atoms with Crippen LogP contribution < -0.4 is 0 Å². The van der Waals surface area contributed by atoms with Crippen molar-refractivity contribution in [2.75, 3.05) is 13.2 Å². The third-order valence-corrected chi connectivity index (χ3v) is 3.91. The molecule has 1 fully saturated rings. The van der Waals surface area contributed by atoms with Gasteiger partial charge in [-0.2, -0.15) is 0 Å². The van der Waals surface area contributed by atoms with Crippen molar-refractivity contribution in [3.8, 4) is 0 Å². The Morgan fingerprint density at radius 3 is 1.74 bits per heavy atom. The number of ether oxygens (including phenoxy) is 5. The lowest BCUT2D eigenvalue weighted by atomic mass is 9.99. The average molecular weight is 388 g/mol. The van der Waals surface area contributed by atoms with Crippen LogP contribution in [0.3, 0.4) is 0 Å². The Hall–Kier alpha value is -2.16. The minimum atomic E-state index is -1.07. The topological polar surface area (TPSA) is 114 Å². The van der Waals surface area contributed by atoms with Crippen molar-refractivity contribution < 1.29 is 42.9 Å². The number of hydrogen-bond donors (Lipinski definition) is 0. The zero-order valence-corrected chi connectivity index (χ0v) is 16.2. The number of carbonyl (C=O) groups is 4. The van der Waals surface area contributed by atoms with Crippen LogP contribution in [0.1, 0.15) is 53.4 Å². The first kappa shape index (κ1) is 22.9. The molecule has 4 atom stereocenters. The van der Waals surface area contributed by atoms with E-state index < -0.39 is 48.3 Å². The number of rotatable bonds is 9. The largest absolute Gasteiger partial charge is 0.463 e. The third kappa shape index (κ3) is 7.16. The molecular weight excluding hydrogens is 360 g/mol. The van der Waals surface area contributed by atoms with Gasteiger partial charge in [0.1, 0.15) is 12.7 Å². The molecule has 0 unspecified atom stereocenters. The molecule has 0 spiro atoms. The van der Waals surface area contributed by atoms with Gasteiger partial charge in [-0.1, -0.05) is 27.7 Å². The van der Waals surface area contributed by atoms with Gasteiger partial charge in [0, 0.05) is 25.7 Å². The number of carbonyl (C=O) groups excluding carboxylic acids is 4. The predicted octanol–water partition coefficient (Wildman–Crippen LogP) is 1.30. The minimum Gasteiger partial charge on any atom is -0.463 e. The van der Waals surface area contributed by atoms with E-state index in [1.165, 1.54) is 0 Å². The molecule has 0 aromatic carbocycles. The normalized spacial score (nSPS) is 24.6. The highest BCUT2D eigenvalue weighted by atomic mass is 16.7. The van der Waals surface area contributed by atoms with Crippen molar-refractivity contribution in [1.29, 1.82) is 0 Å². The average Bonchev–Trinajstić information content (AvgIpc) is 2.68. The third-order valence-electron chi connectivity index (χ3n) is 3.91. The van der Waals surface area contributed by atoms with E-state index in [0.717, 1.165) is 0 Å². The van der Waals surface area contributed by atoms with Crippen molar-refractivity contribution in [2.45, 2.75) is 77.8 Å². The van der Waals surface area contributed by atoms with Crippen LogP contribution in [0.25, 0.3) is 0 Å². The number of esters is 4. The van der Waals surface area contributed by atoms with Gasteiger partial charge in [0.25, 0.3) is 0 Å². The Labute approximate surface area is 158 Å². The maximum atomic E-state index is 11.9. The summed E-state index contributed by atoms with van der Waals surface area (Å²) in [5.41, 5.74) is 0. The zero-order valence-electron chi connectivity index (χ0n) is 16.2. The summed E-state index contributed by atoms with van der Waals surface area (Å²) in [6.45, 7) is 6.23. The summed E-state index contributed by atoms with van der Waals surface area (Å²) in [6, 6.07) is 0. The Bertz CT molecular complexity index is 531. The highest BCUT2D eigenvalue weighted by Gasteiger charge is 2.47. The van der Waals surface area contributed by atoms with E-state index in [2.05, 4.69) is 0 Å². The van der Waals surface area contributed by atoms with Crippen LogP contribution in [0.4, 0.5) is 0 Å². The number of hydrogen-bond acceptors (Lipinski definition) is 9. The van der Waals surface area contributed by atoms with E-state index in [1.54, 1.807) is 27.7 Å². The summed E-state index contributed by atoms with van der Waals surface area (Å²) < 4.78 is 26.8. The van der Waals surface area contributed by atoms with Crippen molar-refractivity contribution in [2.24, 2.45) is 0 Å². The van der Waals surface area contributed by atoms with Gasteiger partial charge in [-0.3, -0.25) is 19.2 Å². The fourth-order valence-corrected chi connectivity index (χ4v) is 2.36. The molecular formula is C18H28O9. The molecule has 0 aromatic heterocycles. The molecule has 154 valence electrons. The van der Waals surface area contributed by atoms with Crippen LogP contribution in [0.2, 0.25) is 0 Å². The van der Waals surface area contributed by atoms with E-state index in [9.17, 15) is 19.2 Å². The first-order chi connectivity index (χ1) is 12.9. The van der Waals surface area contributed by atoms with Crippen LogP contribution in [0.15, 0.2) is 0 Å². The van der Waals surface area contributed by atoms with Gasteiger partial charge in [-0.05, 0) is 0 Å². The smallest absolute Gasteiger partial charge is 0.306 e. The van der Waals surface area contributed by atoms with E-state index >= 15 is 0 Å². The highest BCUT2D eigenvalue weighted by Crippen LogP contribution is 2.25. The Kier molecular flexibility index (Phi) is 9.77. The standard InChI is InChI=1S/C18H28O9/c1-5-13(19)24-9-11-17(26-15(21)7-3)18(27-16(22)8-4)12(10-23-11)25-14(20)6-2/h11-12,17-18H,5-10H2,1-4H3/t11-,12-,17+,18+/m1/s1.